The van der Waals surface area contributed by atoms with Gasteiger partial charge in [-0.2, -0.15) is 0 Å². The number of hydrogen-bond acceptors (Lipinski definition) is 4. The molecule has 2 aromatic heterocycles. The standard InChI is InChI=1S/C20H22N2O4S/c23-20(12-15-13-21-19-6-2-1-5-18(15)19)22-9-7-17(8-10-22)27(24,25)14-16-4-3-11-26-16/h1-6,11,13,17,21H,7-10,12,14H2. The van der Waals surface area contributed by atoms with Crippen molar-refractivity contribution in [2.24, 2.45) is 0 Å². The minimum absolute atomic E-state index is 0.0432. The number of hydrogen-bond donors (Lipinski definition) is 1. The average molecular weight is 386 g/mol. The Labute approximate surface area is 158 Å². The summed E-state index contributed by atoms with van der Waals surface area (Å²) in [5, 5.41) is 0.640. The highest BCUT2D eigenvalue weighted by Gasteiger charge is 2.32. The molecule has 3 aromatic rings. The molecule has 0 radical (unpaired) electrons. The lowest BCUT2D eigenvalue weighted by atomic mass is 10.1. The Morgan fingerprint density at radius 1 is 1.15 bits per heavy atom. The number of nitrogens with zero attached hydrogens (tertiary/aromatic N) is 1. The maximum absolute atomic E-state index is 12.7. The molecule has 0 spiro atoms. The van der Waals surface area contributed by atoms with E-state index in [-0.39, 0.29) is 11.7 Å². The summed E-state index contributed by atoms with van der Waals surface area (Å²) >= 11 is 0. The highest BCUT2D eigenvalue weighted by Crippen LogP contribution is 2.23. The van der Waals surface area contributed by atoms with E-state index in [0.29, 0.717) is 38.1 Å². The lowest BCUT2D eigenvalue weighted by Crippen LogP contribution is -2.43. The summed E-state index contributed by atoms with van der Waals surface area (Å²) in [5.41, 5.74) is 1.99. The summed E-state index contributed by atoms with van der Waals surface area (Å²) < 4.78 is 30.3. The molecule has 142 valence electrons. The number of H-pyrrole nitrogens is 1. The lowest BCUT2D eigenvalue weighted by molar-refractivity contribution is -0.131. The van der Waals surface area contributed by atoms with Crippen LogP contribution in [-0.4, -0.2) is 42.5 Å². The molecule has 0 saturated carbocycles. The van der Waals surface area contributed by atoms with Gasteiger partial charge in [0.1, 0.15) is 11.5 Å². The first-order valence-electron chi connectivity index (χ1n) is 9.09. The molecule has 1 saturated heterocycles. The van der Waals surface area contributed by atoms with E-state index in [1.807, 2.05) is 30.5 Å². The van der Waals surface area contributed by atoms with Crippen molar-refractivity contribution in [1.29, 1.82) is 0 Å². The predicted octanol–water partition coefficient (Wildman–Crippen LogP) is 2.91. The summed E-state index contributed by atoms with van der Waals surface area (Å²) in [5.74, 6) is 0.433. The first-order chi connectivity index (χ1) is 13.0. The van der Waals surface area contributed by atoms with Crippen LogP contribution in [0.3, 0.4) is 0 Å². The highest BCUT2D eigenvalue weighted by atomic mass is 32.2. The third-order valence-corrected chi connectivity index (χ3v) is 7.42. The smallest absolute Gasteiger partial charge is 0.227 e. The van der Waals surface area contributed by atoms with Crippen LogP contribution < -0.4 is 0 Å². The van der Waals surface area contributed by atoms with E-state index in [4.69, 9.17) is 4.42 Å². The second-order valence-corrected chi connectivity index (χ2v) is 9.28. The number of likely N-dealkylation sites (tertiary alicyclic amines) is 1. The van der Waals surface area contributed by atoms with E-state index in [0.717, 1.165) is 16.5 Å². The molecule has 1 aromatic carbocycles. The number of piperidine rings is 1. The third-order valence-electron chi connectivity index (χ3n) is 5.24. The number of nitrogens with one attached hydrogen (secondary N) is 1. The van der Waals surface area contributed by atoms with Gasteiger partial charge >= 0.3 is 0 Å². The number of furan rings is 1. The minimum Gasteiger partial charge on any atom is -0.468 e. The molecule has 1 aliphatic rings. The maximum atomic E-state index is 12.7. The van der Waals surface area contributed by atoms with E-state index >= 15 is 0 Å². The largest absolute Gasteiger partial charge is 0.468 e. The van der Waals surface area contributed by atoms with Gasteiger partial charge in [-0.3, -0.25) is 4.79 Å². The number of rotatable bonds is 5. The van der Waals surface area contributed by atoms with Crippen LogP contribution in [0, 0.1) is 0 Å². The van der Waals surface area contributed by atoms with Crippen LogP contribution >= 0.6 is 0 Å². The van der Waals surface area contributed by atoms with Gasteiger partial charge < -0.3 is 14.3 Å². The number of carbonyl (C=O) groups excluding carboxylic acids is 1. The molecule has 1 aliphatic heterocycles. The fraction of sp³-hybridized carbons (Fsp3) is 0.350. The quantitative estimate of drug-likeness (QED) is 0.731. The Morgan fingerprint density at radius 3 is 2.67 bits per heavy atom. The molecule has 0 atom stereocenters. The number of carbonyl (C=O) groups is 1. The summed E-state index contributed by atoms with van der Waals surface area (Å²) in [6, 6.07) is 11.3. The molecule has 6 nitrogen and oxygen atoms in total. The number of aromatic nitrogens is 1. The summed E-state index contributed by atoms with van der Waals surface area (Å²) in [4.78, 5) is 17.6. The van der Waals surface area contributed by atoms with Crippen molar-refractivity contribution in [1.82, 2.24) is 9.88 Å². The first-order valence-corrected chi connectivity index (χ1v) is 10.8. The van der Waals surface area contributed by atoms with Crippen molar-refractivity contribution >= 4 is 26.6 Å². The van der Waals surface area contributed by atoms with Gasteiger partial charge in [0.2, 0.25) is 5.91 Å². The van der Waals surface area contributed by atoms with Crippen LogP contribution in [0.4, 0.5) is 0 Å². The molecule has 1 amide bonds. The number of aromatic amines is 1. The summed E-state index contributed by atoms with van der Waals surface area (Å²) in [6.45, 7) is 0.951. The molecule has 7 heteroatoms. The van der Waals surface area contributed by atoms with Crippen molar-refractivity contribution in [2.75, 3.05) is 13.1 Å². The topological polar surface area (TPSA) is 83.4 Å². The Hall–Kier alpha value is -2.54. The summed E-state index contributed by atoms with van der Waals surface area (Å²) in [7, 11) is -3.27. The Kier molecular flexibility index (Phi) is 4.78. The normalized spacial score (nSPS) is 16.1. The molecule has 0 aliphatic carbocycles. The predicted molar refractivity (Wildman–Crippen MR) is 103 cm³/mol. The van der Waals surface area contributed by atoms with E-state index in [1.165, 1.54) is 6.26 Å². The Bertz CT molecular complexity index is 1030. The van der Waals surface area contributed by atoms with Gasteiger partial charge in [-0.1, -0.05) is 18.2 Å². The first kappa shape index (κ1) is 17.9. The van der Waals surface area contributed by atoms with Gasteiger partial charge in [-0.05, 0) is 36.6 Å². The number of fused-ring (bicyclic) bond motifs is 1. The Balaban J connectivity index is 1.36. The van der Waals surface area contributed by atoms with E-state index in [1.54, 1.807) is 17.0 Å². The average Bonchev–Trinajstić information content (AvgIpc) is 3.32. The maximum Gasteiger partial charge on any atom is 0.227 e. The highest BCUT2D eigenvalue weighted by molar-refractivity contribution is 7.91. The zero-order valence-electron chi connectivity index (χ0n) is 14.9. The molecule has 4 rings (SSSR count). The molecular formula is C20H22N2O4S. The van der Waals surface area contributed by atoms with Crippen LogP contribution in [0.25, 0.3) is 10.9 Å². The van der Waals surface area contributed by atoms with Crippen LogP contribution in [-0.2, 0) is 26.8 Å². The van der Waals surface area contributed by atoms with Crippen LogP contribution in [0.15, 0.2) is 53.3 Å². The number of sulfone groups is 1. The number of amides is 1. The van der Waals surface area contributed by atoms with Gasteiger partial charge in [0.05, 0.1) is 17.9 Å². The number of para-hydroxylation sites is 1. The zero-order chi connectivity index (χ0) is 18.9. The van der Waals surface area contributed by atoms with Crippen LogP contribution in [0.1, 0.15) is 24.2 Å². The summed E-state index contributed by atoms with van der Waals surface area (Å²) in [6.07, 6.45) is 4.64. The van der Waals surface area contributed by atoms with Crippen molar-refractivity contribution in [3.63, 3.8) is 0 Å². The van der Waals surface area contributed by atoms with E-state index < -0.39 is 15.1 Å². The molecule has 1 fully saturated rings. The Morgan fingerprint density at radius 2 is 1.93 bits per heavy atom. The SMILES string of the molecule is O=C(Cc1c[nH]c2ccccc12)N1CCC(S(=O)(=O)Cc2ccco2)CC1. The molecule has 3 heterocycles. The fourth-order valence-corrected chi connectivity index (χ4v) is 5.45. The second-order valence-electron chi connectivity index (χ2n) is 7.00. The molecule has 0 unspecified atom stereocenters. The van der Waals surface area contributed by atoms with Crippen LogP contribution in [0.2, 0.25) is 0 Å². The fourth-order valence-electron chi connectivity index (χ4n) is 3.73. The van der Waals surface area contributed by atoms with Crippen molar-refractivity contribution in [3.8, 4) is 0 Å². The van der Waals surface area contributed by atoms with Crippen LogP contribution in [0.5, 0.6) is 0 Å². The van der Waals surface area contributed by atoms with E-state index in [2.05, 4.69) is 4.98 Å². The van der Waals surface area contributed by atoms with Gasteiger partial charge in [-0.25, -0.2) is 8.42 Å². The molecular weight excluding hydrogens is 364 g/mol. The lowest BCUT2D eigenvalue weighted by Gasteiger charge is -2.31. The van der Waals surface area contributed by atoms with Crippen molar-refractivity contribution < 1.29 is 17.6 Å². The van der Waals surface area contributed by atoms with Gasteiger partial charge in [0.15, 0.2) is 9.84 Å². The van der Waals surface area contributed by atoms with Gasteiger partial charge in [0.25, 0.3) is 0 Å². The van der Waals surface area contributed by atoms with E-state index in [9.17, 15) is 13.2 Å². The number of benzene rings is 1. The molecule has 0 bridgehead atoms. The molecule has 27 heavy (non-hydrogen) atoms. The van der Waals surface area contributed by atoms with Crippen molar-refractivity contribution in [2.45, 2.75) is 30.3 Å². The minimum atomic E-state index is -3.27. The zero-order valence-corrected chi connectivity index (χ0v) is 15.7. The van der Waals surface area contributed by atoms with Gasteiger partial charge in [-0.15, -0.1) is 0 Å². The van der Waals surface area contributed by atoms with Crippen molar-refractivity contribution in [3.05, 3.63) is 60.2 Å². The van der Waals surface area contributed by atoms with Gasteiger partial charge in [0, 0.05) is 30.2 Å². The third kappa shape index (κ3) is 3.78. The second kappa shape index (κ2) is 7.23. The molecule has 1 N–H and O–H groups in total. The monoisotopic (exact) mass is 386 g/mol.